The molecule has 0 aromatic heterocycles. The van der Waals surface area contributed by atoms with Gasteiger partial charge in [0.05, 0.1) is 6.10 Å². The van der Waals surface area contributed by atoms with Crippen molar-refractivity contribution < 1.29 is 14.6 Å². The first-order chi connectivity index (χ1) is 8.78. The van der Waals surface area contributed by atoms with Crippen LogP contribution in [-0.2, 0) is 9.53 Å². The summed E-state index contributed by atoms with van der Waals surface area (Å²) >= 11 is 0. The second-order valence-electron chi connectivity index (χ2n) is 7.60. The van der Waals surface area contributed by atoms with Crippen molar-refractivity contribution in [3.05, 3.63) is 0 Å². The van der Waals surface area contributed by atoms with Gasteiger partial charge in [0.1, 0.15) is 11.7 Å². The van der Waals surface area contributed by atoms with Crippen LogP contribution in [0.2, 0.25) is 0 Å². The van der Waals surface area contributed by atoms with E-state index in [1.807, 2.05) is 0 Å². The van der Waals surface area contributed by atoms with Gasteiger partial charge in [-0.05, 0) is 37.0 Å². The number of carbonyl (C=O) groups is 1. The molecular weight excluding hydrogens is 240 g/mol. The van der Waals surface area contributed by atoms with E-state index >= 15 is 0 Å². The SMILES string of the molecule is CCC[C@H]1O[C@@H]1C(=O)[C@@]1(O)C[C@H]2CC[C@]1(C)C2(C)C. The number of hydrogen-bond acceptors (Lipinski definition) is 3. The summed E-state index contributed by atoms with van der Waals surface area (Å²) in [7, 11) is 0. The van der Waals surface area contributed by atoms with Crippen molar-refractivity contribution in [2.24, 2.45) is 16.7 Å². The standard InChI is InChI=1S/C16H26O3/c1-5-6-11-12(19-11)13(17)16(18)9-10-7-8-15(16,4)14(10,2)3/h10-12,18H,5-9H2,1-4H3/t10-,11-,12+,15-,16+/m1/s1. The number of ether oxygens (including phenoxy) is 1. The third-order valence-corrected chi connectivity index (χ3v) is 6.71. The molecule has 2 saturated carbocycles. The predicted molar refractivity (Wildman–Crippen MR) is 72.8 cm³/mol. The van der Waals surface area contributed by atoms with Gasteiger partial charge in [0.15, 0.2) is 5.78 Å². The minimum absolute atomic E-state index is 0.0382. The van der Waals surface area contributed by atoms with Gasteiger partial charge in [-0.25, -0.2) is 0 Å². The molecule has 1 saturated heterocycles. The summed E-state index contributed by atoms with van der Waals surface area (Å²) in [6.45, 7) is 8.63. The van der Waals surface area contributed by atoms with E-state index in [-0.39, 0.29) is 28.8 Å². The van der Waals surface area contributed by atoms with Crippen molar-refractivity contribution in [3.8, 4) is 0 Å². The molecule has 1 aliphatic heterocycles. The summed E-state index contributed by atoms with van der Waals surface area (Å²) in [5.41, 5.74) is -1.40. The van der Waals surface area contributed by atoms with E-state index in [2.05, 4.69) is 27.7 Å². The van der Waals surface area contributed by atoms with Crippen molar-refractivity contribution in [2.75, 3.05) is 0 Å². The van der Waals surface area contributed by atoms with Crippen LogP contribution in [0, 0.1) is 16.7 Å². The predicted octanol–water partition coefficient (Wildman–Crippen LogP) is 2.70. The van der Waals surface area contributed by atoms with E-state index in [1.54, 1.807) is 0 Å². The highest BCUT2D eigenvalue weighted by Crippen LogP contribution is 2.70. The van der Waals surface area contributed by atoms with Crippen LogP contribution in [0.15, 0.2) is 0 Å². The van der Waals surface area contributed by atoms with Crippen LogP contribution < -0.4 is 0 Å². The fourth-order valence-electron chi connectivity index (χ4n) is 4.76. The monoisotopic (exact) mass is 266 g/mol. The first kappa shape index (κ1) is 13.6. The maximum absolute atomic E-state index is 12.7. The number of fused-ring (bicyclic) bond motifs is 2. The number of aliphatic hydroxyl groups is 1. The highest BCUT2D eigenvalue weighted by molar-refractivity contribution is 5.95. The van der Waals surface area contributed by atoms with E-state index in [9.17, 15) is 9.90 Å². The number of carbonyl (C=O) groups excluding carboxylic acids is 1. The lowest BCUT2D eigenvalue weighted by molar-refractivity contribution is -0.156. The molecule has 19 heavy (non-hydrogen) atoms. The van der Waals surface area contributed by atoms with Crippen LogP contribution in [-0.4, -0.2) is 28.7 Å². The molecule has 0 spiro atoms. The molecule has 108 valence electrons. The Labute approximate surface area is 115 Å². The first-order valence-corrected chi connectivity index (χ1v) is 7.70. The van der Waals surface area contributed by atoms with Gasteiger partial charge in [0.25, 0.3) is 0 Å². The lowest BCUT2D eigenvalue weighted by atomic mass is 9.62. The van der Waals surface area contributed by atoms with Crippen LogP contribution in [0.1, 0.15) is 59.8 Å². The van der Waals surface area contributed by atoms with Crippen LogP contribution in [0.3, 0.4) is 0 Å². The molecule has 3 fully saturated rings. The summed E-state index contributed by atoms with van der Waals surface area (Å²) in [6.07, 6.45) is 4.41. The number of epoxide rings is 1. The lowest BCUT2D eigenvalue weighted by Gasteiger charge is -2.44. The largest absolute Gasteiger partial charge is 0.381 e. The molecule has 2 aliphatic carbocycles. The van der Waals surface area contributed by atoms with Crippen molar-refractivity contribution in [2.45, 2.75) is 77.6 Å². The maximum atomic E-state index is 12.7. The van der Waals surface area contributed by atoms with Crippen molar-refractivity contribution in [3.63, 3.8) is 0 Å². The molecule has 1 heterocycles. The topological polar surface area (TPSA) is 49.8 Å². The third kappa shape index (κ3) is 1.49. The minimum Gasteiger partial charge on any atom is -0.381 e. The Morgan fingerprint density at radius 2 is 2.05 bits per heavy atom. The normalized spacial score (nSPS) is 50.5. The molecule has 2 bridgehead atoms. The van der Waals surface area contributed by atoms with Crippen molar-refractivity contribution in [1.82, 2.24) is 0 Å². The molecular formula is C16H26O3. The molecule has 0 unspecified atom stereocenters. The smallest absolute Gasteiger partial charge is 0.196 e. The second-order valence-corrected chi connectivity index (χ2v) is 7.60. The number of hydrogen-bond donors (Lipinski definition) is 1. The Kier molecular flexibility index (Phi) is 2.73. The second kappa shape index (κ2) is 3.82. The molecule has 0 amide bonds. The van der Waals surface area contributed by atoms with E-state index in [4.69, 9.17) is 4.74 Å². The van der Waals surface area contributed by atoms with Crippen LogP contribution >= 0.6 is 0 Å². The average Bonchev–Trinajstić information content (AvgIpc) is 3.03. The Bertz CT molecular complexity index is 416. The summed E-state index contributed by atoms with van der Waals surface area (Å²) in [6, 6.07) is 0. The first-order valence-electron chi connectivity index (χ1n) is 7.70. The van der Waals surface area contributed by atoms with Gasteiger partial charge >= 0.3 is 0 Å². The fourth-order valence-corrected chi connectivity index (χ4v) is 4.76. The van der Waals surface area contributed by atoms with E-state index in [0.717, 1.165) is 25.7 Å². The zero-order valence-corrected chi connectivity index (χ0v) is 12.5. The molecule has 0 radical (unpaired) electrons. The fraction of sp³-hybridized carbons (Fsp3) is 0.938. The van der Waals surface area contributed by atoms with Gasteiger partial charge < -0.3 is 9.84 Å². The number of Topliss-reactive ketones (excluding diaryl/α,β-unsaturated/α-hetero) is 1. The van der Waals surface area contributed by atoms with Gasteiger partial charge in [-0.3, -0.25) is 4.79 Å². The Morgan fingerprint density at radius 1 is 1.37 bits per heavy atom. The summed E-state index contributed by atoms with van der Waals surface area (Å²) in [5.74, 6) is 0.429. The third-order valence-electron chi connectivity index (χ3n) is 6.71. The van der Waals surface area contributed by atoms with Gasteiger partial charge in [-0.15, -0.1) is 0 Å². The molecule has 5 atom stereocenters. The van der Waals surface area contributed by atoms with Crippen LogP contribution in [0.4, 0.5) is 0 Å². The zero-order chi connectivity index (χ0) is 14.1. The summed E-state index contributed by atoms with van der Waals surface area (Å²) in [4.78, 5) is 12.7. The van der Waals surface area contributed by atoms with E-state index < -0.39 is 5.60 Å². The molecule has 1 N–H and O–H groups in total. The number of ketones is 1. The van der Waals surface area contributed by atoms with E-state index in [0.29, 0.717) is 12.3 Å². The van der Waals surface area contributed by atoms with Gasteiger partial charge in [-0.2, -0.15) is 0 Å². The maximum Gasteiger partial charge on any atom is 0.196 e. The molecule has 0 aromatic rings. The lowest BCUT2D eigenvalue weighted by Crippen LogP contribution is -2.54. The molecule has 3 aliphatic rings. The van der Waals surface area contributed by atoms with Gasteiger partial charge in [0.2, 0.25) is 0 Å². The quantitative estimate of drug-likeness (QED) is 0.796. The molecule has 3 heteroatoms. The van der Waals surface area contributed by atoms with E-state index in [1.165, 1.54) is 0 Å². The molecule has 3 rings (SSSR count). The van der Waals surface area contributed by atoms with Crippen LogP contribution in [0.5, 0.6) is 0 Å². The van der Waals surface area contributed by atoms with Gasteiger partial charge in [0, 0.05) is 5.41 Å². The highest BCUT2D eigenvalue weighted by atomic mass is 16.6. The Balaban J connectivity index is 1.84. The van der Waals surface area contributed by atoms with Crippen molar-refractivity contribution >= 4 is 5.78 Å². The number of rotatable bonds is 4. The zero-order valence-electron chi connectivity index (χ0n) is 12.5. The van der Waals surface area contributed by atoms with Gasteiger partial charge in [-0.1, -0.05) is 34.1 Å². The van der Waals surface area contributed by atoms with Crippen LogP contribution in [0.25, 0.3) is 0 Å². The highest BCUT2D eigenvalue weighted by Gasteiger charge is 2.73. The molecule has 3 nitrogen and oxygen atoms in total. The Morgan fingerprint density at radius 3 is 2.53 bits per heavy atom. The Hall–Kier alpha value is -0.410. The molecule has 0 aromatic carbocycles. The average molecular weight is 266 g/mol. The van der Waals surface area contributed by atoms with Crippen molar-refractivity contribution in [1.29, 1.82) is 0 Å². The minimum atomic E-state index is -1.16. The summed E-state index contributed by atoms with van der Waals surface area (Å²) < 4.78 is 5.51. The summed E-state index contributed by atoms with van der Waals surface area (Å²) in [5, 5.41) is 11.1.